The number of carbonyl (C=O) groups excluding carboxylic acids is 1. The number of ketones is 1. The van der Waals surface area contributed by atoms with Crippen LogP contribution in [0.15, 0.2) is 115 Å². The van der Waals surface area contributed by atoms with E-state index in [1.54, 1.807) is 25.9 Å². The van der Waals surface area contributed by atoms with Crippen LogP contribution in [-0.4, -0.2) is 19.6 Å². The van der Waals surface area contributed by atoms with E-state index >= 15 is 0 Å². The number of ether oxygens (including phenoxy) is 1. The normalized spacial score (nSPS) is 17.9. The molecule has 0 radical (unpaired) electrons. The van der Waals surface area contributed by atoms with Gasteiger partial charge in [-0.2, -0.15) is 0 Å². The highest BCUT2D eigenvalue weighted by Gasteiger charge is 2.50. The van der Waals surface area contributed by atoms with Crippen molar-refractivity contribution in [3.8, 4) is 11.5 Å². The van der Waals surface area contributed by atoms with Crippen LogP contribution in [0.25, 0.3) is 10.8 Å². The van der Waals surface area contributed by atoms with E-state index in [1.807, 2.05) is 103 Å². The molecule has 0 heterocycles. The molecule has 5 heteroatoms. The lowest BCUT2D eigenvalue weighted by Gasteiger charge is -2.31. The summed E-state index contributed by atoms with van der Waals surface area (Å²) in [7, 11) is -1.44. The zero-order chi connectivity index (χ0) is 25.6. The molecule has 0 spiro atoms. The summed E-state index contributed by atoms with van der Waals surface area (Å²) in [6, 6.07) is 36.3. The molecular weight excluding hydrogens is 479 g/mol. The van der Waals surface area contributed by atoms with Gasteiger partial charge >= 0.3 is 0 Å². The van der Waals surface area contributed by atoms with Gasteiger partial charge in [0, 0.05) is 17.5 Å². The Labute approximate surface area is 216 Å². The Morgan fingerprint density at radius 2 is 1.27 bits per heavy atom. The van der Waals surface area contributed by atoms with Gasteiger partial charge in [-0.3, -0.25) is 9.36 Å². The molecule has 2 atom stereocenters. The van der Waals surface area contributed by atoms with Gasteiger partial charge < -0.3 is 9.26 Å². The number of hydrogen-bond acceptors (Lipinski definition) is 4. The fourth-order valence-electron chi connectivity index (χ4n) is 5.47. The van der Waals surface area contributed by atoms with Crippen molar-refractivity contribution >= 4 is 29.2 Å². The Morgan fingerprint density at radius 1 is 0.676 bits per heavy atom. The molecule has 0 aliphatic heterocycles. The Hall–Kier alpha value is -4.14. The number of carbonyl (C=O) groups is 1. The van der Waals surface area contributed by atoms with Gasteiger partial charge in [0.25, 0.3) is 7.37 Å². The summed E-state index contributed by atoms with van der Waals surface area (Å²) >= 11 is 0. The third-order valence-electron chi connectivity index (χ3n) is 7.21. The van der Waals surface area contributed by atoms with Crippen LogP contribution in [0.3, 0.4) is 0 Å². The topological polar surface area (TPSA) is 52.6 Å². The van der Waals surface area contributed by atoms with E-state index in [2.05, 4.69) is 0 Å². The predicted octanol–water partition coefficient (Wildman–Crippen LogP) is 6.99. The molecule has 0 fully saturated rings. The van der Waals surface area contributed by atoms with E-state index in [0.29, 0.717) is 16.6 Å². The van der Waals surface area contributed by atoms with E-state index in [4.69, 9.17) is 9.26 Å². The quantitative estimate of drug-likeness (QED) is 0.234. The van der Waals surface area contributed by atoms with Gasteiger partial charge in [0.05, 0.1) is 7.11 Å². The van der Waals surface area contributed by atoms with Crippen LogP contribution in [0.5, 0.6) is 11.5 Å². The molecule has 1 aliphatic carbocycles. The Morgan fingerprint density at radius 3 is 1.89 bits per heavy atom. The maximum Gasteiger partial charge on any atom is 0.274 e. The van der Waals surface area contributed by atoms with Crippen molar-refractivity contribution in [2.75, 3.05) is 13.8 Å². The highest BCUT2D eigenvalue weighted by Crippen LogP contribution is 2.51. The van der Waals surface area contributed by atoms with Crippen LogP contribution in [0.2, 0.25) is 0 Å². The molecule has 0 aromatic heterocycles. The average Bonchev–Trinajstić information content (AvgIpc) is 3.20. The Balaban J connectivity index is 1.50. The van der Waals surface area contributed by atoms with Crippen molar-refractivity contribution in [1.82, 2.24) is 0 Å². The van der Waals surface area contributed by atoms with Crippen molar-refractivity contribution in [3.05, 3.63) is 138 Å². The third-order valence-corrected chi connectivity index (χ3v) is 9.00. The van der Waals surface area contributed by atoms with Crippen LogP contribution in [-0.2, 0) is 9.98 Å². The van der Waals surface area contributed by atoms with Crippen LogP contribution in [0, 0.1) is 0 Å². The molecule has 5 aromatic carbocycles. The smallest absolute Gasteiger partial charge is 0.274 e. The summed E-state index contributed by atoms with van der Waals surface area (Å²) in [5.41, 5.74) is 2.33. The highest BCUT2D eigenvalue weighted by atomic mass is 31.2. The fourth-order valence-corrected chi connectivity index (χ4v) is 6.81. The number of hydrogen-bond donors (Lipinski definition) is 0. The molecule has 4 nitrogen and oxygen atoms in total. The van der Waals surface area contributed by atoms with Crippen LogP contribution in [0.1, 0.15) is 27.0 Å². The molecule has 0 saturated carbocycles. The number of methoxy groups -OCH3 is 1. The van der Waals surface area contributed by atoms with Crippen molar-refractivity contribution < 1.29 is 18.6 Å². The van der Waals surface area contributed by atoms with Crippen molar-refractivity contribution in [2.24, 2.45) is 0 Å². The molecule has 0 saturated heterocycles. The lowest BCUT2D eigenvalue weighted by molar-refractivity contribution is 0.0944. The van der Waals surface area contributed by atoms with Crippen molar-refractivity contribution in [2.45, 2.75) is 5.41 Å². The summed E-state index contributed by atoms with van der Waals surface area (Å²) < 4.78 is 24.7. The number of rotatable bonds is 6. The SMILES string of the molecule is COc1ccc(C2(c3ccc(OP(C)(=O)c4ccccc4)cc3)C(=O)c3cccc4cccc2c34)cc1. The summed E-state index contributed by atoms with van der Waals surface area (Å²) in [6.07, 6.45) is 0. The monoisotopic (exact) mass is 504 g/mol. The minimum atomic E-state index is -3.07. The minimum absolute atomic E-state index is 0.0311. The van der Waals surface area contributed by atoms with Crippen LogP contribution >= 0.6 is 7.37 Å². The zero-order valence-electron chi connectivity index (χ0n) is 20.5. The molecule has 0 N–H and O–H groups in total. The first-order valence-electron chi connectivity index (χ1n) is 12.1. The van der Waals surface area contributed by atoms with Crippen molar-refractivity contribution in [3.63, 3.8) is 0 Å². The van der Waals surface area contributed by atoms with E-state index in [0.717, 1.165) is 33.2 Å². The summed E-state index contributed by atoms with van der Waals surface area (Å²) in [5, 5.41) is 2.67. The Kier molecular flexibility index (Phi) is 5.51. The fraction of sp³-hybridized carbons (Fsp3) is 0.0938. The standard InChI is InChI=1S/C32H25O4P/c1-35-25-18-14-23(15-19-25)32(29-13-7-9-22-8-6-12-28(30(22)29)31(32)33)24-16-20-26(21-17-24)36-37(2,34)27-10-4-3-5-11-27/h3-21H,1-2H3. The van der Waals surface area contributed by atoms with Gasteiger partial charge in [-0.25, -0.2) is 0 Å². The third kappa shape index (κ3) is 3.60. The number of benzene rings is 5. The molecule has 37 heavy (non-hydrogen) atoms. The molecule has 1 aliphatic rings. The second kappa shape index (κ2) is 8.76. The summed E-state index contributed by atoms with van der Waals surface area (Å²) in [5.74, 6) is 1.25. The minimum Gasteiger partial charge on any atom is -0.497 e. The van der Waals surface area contributed by atoms with Gasteiger partial charge in [-0.15, -0.1) is 0 Å². The summed E-state index contributed by atoms with van der Waals surface area (Å²) in [4.78, 5) is 14.3. The number of Topliss-reactive ketones (excluding diaryl/α,β-unsaturated/α-hetero) is 1. The molecular formula is C32H25O4P. The molecule has 6 rings (SSSR count). The first kappa shape index (κ1) is 23.3. The molecule has 2 unspecified atom stereocenters. The molecule has 5 aromatic rings. The predicted molar refractivity (Wildman–Crippen MR) is 148 cm³/mol. The second-order valence-corrected chi connectivity index (χ2v) is 11.7. The van der Waals surface area contributed by atoms with Gasteiger partial charge in [-0.05, 0) is 63.9 Å². The van der Waals surface area contributed by atoms with Gasteiger partial charge in [-0.1, -0.05) is 78.9 Å². The molecule has 0 amide bonds. The first-order valence-corrected chi connectivity index (χ1v) is 14.2. The van der Waals surface area contributed by atoms with Crippen molar-refractivity contribution in [1.29, 1.82) is 0 Å². The maximum absolute atomic E-state index is 14.3. The summed E-state index contributed by atoms with van der Waals surface area (Å²) in [6.45, 7) is 1.62. The largest absolute Gasteiger partial charge is 0.497 e. The van der Waals surface area contributed by atoms with E-state index < -0.39 is 12.8 Å². The average molecular weight is 505 g/mol. The van der Waals surface area contributed by atoms with E-state index in [-0.39, 0.29) is 5.78 Å². The van der Waals surface area contributed by atoms with E-state index in [9.17, 15) is 9.36 Å². The lowest BCUT2D eigenvalue weighted by atomic mass is 9.69. The molecule has 0 bridgehead atoms. The first-order chi connectivity index (χ1) is 17.9. The zero-order valence-corrected chi connectivity index (χ0v) is 21.4. The van der Waals surface area contributed by atoms with Gasteiger partial charge in [0.1, 0.15) is 16.9 Å². The molecule has 182 valence electrons. The lowest BCUT2D eigenvalue weighted by Crippen LogP contribution is -2.35. The highest BCUT2D eigenvalue weighted by molar-refractivity contribution is 7.66. The second-order valence-electron chi connectivity index (χ2n) is 9.31. The maximum atomic E-state index is 14.3. The van der Waals surface area contributed by atoms with Gasteiger partial charge in [0.15, 0.2) is 5.78 Å². The van der Waals surface area contributed by atoms with Crippen LogP contribution in [0.4, 0.5) is 0 Å². The Bertz CT molecular complexity index is 1670. The van der Waals surface area contributed by atoms with Gasteiger partial charge in [0.2, 0.25) is 0 Å². The van der Waals surface area contributed by atoms with E-state index in [1.165, 1.54) is 0 Å². The van der Waals surface area contributed by atoms with Crippen LogP contribution < -0.4 is 14.6 Å².